The second kappa shape index (κ2) is 6.31. The number of aromatic carboxylic acids is 1. The van der Waals surface area contributed by atoms with E-state index in [0.717, 1.165) is 26.2 Å². The quantitative estimate of drug-likeness (QED) is 0.427. The second-order valence-electron chi connectivity index (χ2n) is 4.57. The van der Waals surface area contributed by atoms with E-state index >= 15 is 0 Å². The molecule has 0 radical (unpaired) electrons. The minimum Gasteiger partial charge on any atom is -0.504 e. The van der Waals surface area contributed by atoms with Gasteiger partial charge in [0.25, 0.3) is 0 Å². The molecule has 1 rings (SSSR count). The van der Waals surface area contributed by atoms with Gasteiger partial charge in [-0.2, -0.15) is 0 Å². The molecule has 0 unspecified atom stereocenters. The molecule has 1 aromatic rings. The molecule has 1 aromatic carbocycles. The lowest BCUT2D eigenvalue weighted by molar-refractivity contribution is -0.160. The average molecular weight is 314 g/mol. The summed E-state index contributed by atoms with van der Waals surface area (Å²) in [5.74, 6) is -5.55. The van der Waals surface area contributed by atoms with Crippen LogP contribution in [-0.4, -0.2) is 51.0 Å². The zero-order valence-electron chi connectivity index (χ0n) is 11.7. The first kappa shape index (κ1) is 17.2. The molecule has 0 amide bonds. The highest BCUT2D eigenvalue weighted by molar-refractivity contribution is 5.91. The lowest BCUT2D eigenvalue weighted by atomic mass is 10.0. The number of aromatic hydroxyl groups is 1. The van der Waals surface area contributed by atoms with Crippen molar-refractivity contribution in [1.29, 1.82) is 0 Å². The Labute approximate surface area is 124 Å². The van der Waals surface area contributed by atoms with Crippen LogP contribution in [-0.2, 0) is 9.59 Å². The zero-order valence-corrected chi connectivity index (χ0v) is 11.7. The minimum absolute atomic E-state index is 0.329. The number of carbonyl (C=O) groups is 3. The molecule has 0 aromatic heterocycles. The Kier molecular flexibility index (Phi) is 4.94. The zero-order chi connectivity index (χ0) is 17.1. The maximum atomic E-state index is 11.8. The monoisotopic (exact) mass is 314 g/mol. The molecule has 0 saturated heterocycles. The second-order valence-corrected chi connectivity index (χ2v) is 4.57. The lowest BCUT2D eigenvalue weighted by Crippen LogP contribution is -2.40. The molecule has 0 aliphatic rings. The van der Waals surface area contributed by atoms with Crippen molar-refractivity contribution in [1.82, 2.24) is 0 Å². The van der Waals surface area contributed by atoms with Crippen LogP contribution >= 0.6 is 0 Å². The summed E-state index contributed by atoms with van der Waals surface area (Å²) in [6, 6.07) is 1.78. The van der Waals surface area contributed by atoms with Gasteiger partial charge in [-0.25, -0.2) is 9.59 Å². The van der Waals surface area contributed by atoms with Gasteiger partial charge < -0.3 is 29.9 Å². The number of carboxylic acid groups (broad SMARTS) is 2. The summed E-state index contributed by atoms with van der Waals surface area (Å²) in [4.78, 5) is 33.3. The summed E-state index contributed by atoms with van der Waals surface area (Å²) in [7, 11) is 1.14. The number of carbonyl (C=O) groups excluding carboxylic acids is 1. The van der Waals surface area contributed by atoms with Crippen molar-refractivity contribution in [2.45, 2.75) is 18.9 Å². The molecule has 0 saturated carbocycles. The third kappa shape index (κ3) is 3.85. The van der Waals surface area contributed by atoms with Gasteiger partial charge in [-0.1, -0.05) is 0 Å². The van der Waals surface area contributed by atoms with Gasteiger partial charge in [0.05, 0.1) is 19.1 Å². The van der Waals surface area contributed by atoms with E-state index < -0.39 is 41.4 Å². The topological polar surface area (TPSA) is 151 Å². The fraction of sp³-hybridized carbons (Fsp3) is 0.308. The van der Waals surface area contributed by atoms with Crippen LogP contribution in [0.4, 0.5) is 0 Å². The molecule has 0 fully saturated rings. The summed E-state index contributed by atoms with van der Waals surface area (Å²) >= 11 is 0. The Morgan fingerprint density at radius 3 is 2.27 bits per heavy atom. The van der Waals surface area contributed by atoms with Crippen molar-refractivity contribution in [3.8, 4) is 17.2 Å². The van der Waals surface area contributed by atoms with Crippen molar-refractivity contribution >= 4 is 17.9 Å². The number of aliphatic hydroxyl groups is 1. The predicted octanol–water partition coefficient (Wildman–Crippen LogP) is 0.230. The first-order chi connectivity index (χ1) is 10.1. The van der Waals surface area contributed by atoms with Crippen molar-refractivity contribution in [3.05, 3.63) is 17.7 Å². The summed E-state index contributed by atoms with van der Waals surface area (Å²) in [6.07, 6.45) is -0.918. The Morgan fingerprint density at radius 2 is 1.82 bits per heavy atom. The SMILES string of the molecule is COc1c(O)cc(C(=O)O)cc1OC(=O)[C@@](C)(O)CC(=O)O. The molecule has 9 nitrogen and oxygen atoms in total. The summed E-state index contributed by atoms with van der Waals surface area (Å²) < 4.78 is 9.56. The van der Waals surface area contributed by atoms with Gasteiger partial charge in [-0.15, -0.1) is 0 Å². The third-order valence-electron chi connectivity index (χ3n) is 2.62. The van der Waals surface area contributed by atoms with E-state index in [9.17, 15) is 24.6 Å². The molecule has 0 spiro atoms. The fourth-order valence-electron chi connectivity index (χ4n) is 1.57. The fourth-order valence-corrected chi connectivity index (χ4v) is 1.57. The average Bonchev–Trinajstić information content (AvgIpc) is 2.36. The van der Waals surface area contributed by atoms with Crippen LogP contribution in [0.3, 0.4) is 0 Å². The maximum Gasteiger partial charge on any atom is 0.343 e. The molecule has 4 N–H and O–H groups in total. The van der Waals surface area contributed by atoms with Crippen LogP contribution in [0, 0.1) is 0 Å². The van der Waals surface area contributed by atoms with Gasteiger partial charge in [0.2, 0.25) is 5.75 Å². The predicted molar refractivity (Wildman–Crippen MR) is 70.1 cm³/mol. The van der Waals surface area contributed by atoms with E-state index in [-0.39, 0.29) is 11.3 Å². The number of hydrogen-bond acceptors (Lipinski definition) is 7. The van der Waals surface area contributed by atoms with Gasteiger partial charge in [-0.3, -0.25) is 4.79 Å². The molecule has 0 aliphatic carbocycles. The normalized spacial score (nSPS) is 13.0. The van der Waals surface area contributed by atoms with Crippen LogP contribution < -0.4 is 9.47 Å². The Balaban J connectivity index is 3.18. The van der Waals surface area contributed by atoms with Crippen molar-refractivity contribution in [2.24, 2.45) is 0 Å². The number of phenols is 1. The first-order valence-corrected chi connectivity index (χ1v) is 5.89. The molecule has 1 atom stereocenters. The van der Waals surface area contributed by atoms with Crippen LogP contribution in [0.1, 0.15) is 23.7 Å². The van der Waals surface area contributed by atoms with E-state index in [0.29, 0.717) is 0 Å². The third-order valence-corrected chi connectivity index (χ3v) is 2.62. The van der Waals surface area contributed by atoms with Gasteiger partial charge in [0, 0.05) is 0 Å². The number of phenolic OH excluding ortho intramolecular Hbond substituents is 1. The minimum atomic E-state index is -2.34. The van der Waals surface area contributed by atoms with Crippen LogP contribution in [0.5, 0.6) is 17.2 Å². The molecular formula is C13H14O9. The van der Waals surface area contributed by atoms with E-state index in [1.54, 1.807) is 0 Å². The van der Waals surface area contributed by atoms with E-state index in [4.69, 9.17) is 19.7 Å². The standard InChI is InChI=1S/C13H14O9/c1-13(20,5-9(15)16)12(19)22-8-4-6(11(17)18)3-7(14)10(8)21-2/h3-4,14,20H,5H2,1-2H3,(H,15,16)(H,17,18)/t13-/m0/s1. The maximum absolute atomic E-state index is 11.8. The Hall–Kier alpha value is -2.81. The van der Waals surface area contributed by atoms with Crippen molar-refractivity contribution in [2.75, 3.05) is 7.11 Å². The van der Waals surface area contributed by atoms with E-state index in [1.807, 2.05) is 0 Å². The number of benzene rings is 1. The number of ether oxygens (including phenoxy) is 2. The molecule has 0 bridgehead atoms. The largest absolute Gasteiger partial charge is 0.504 e. The lowest BCUT2D eigenvalue weighted by Gasteiger charge is -2.20. The van der Waals surface area contributed by atoms with Crippen molar-refractivity contribution < 1.29 is 44.3 Å². The van der Waals surface area contributed by atoms with E-state index in [1.165, 1.54) is 0 Å². The highest BCUT2D eigenvalue weighted by Crippen LogP contribution is 2.38. The molecule has 0 heterocycles. The van der Waals surface area contributed by atoms with Gasteiger partial charge in [0.1, 0.15) is 0 Å². The first-order valence-electron chi connectivity index (χ1n) is 5.89. The highest BCUT2D eigenvalue weighted by Gasteiger charge is 2.36. The van der Waals surface area contributed by atoms with Gasteiger partial charge in [0.15, 0.2) is 17.1 Å². The van der Waals surface area contributed by atoms with Gasteiger partial charge in [-0.05, 0) is 19.1 Å². The number of hydrogen-bond donors (Lipinski definition) is 4. The van der Waals surface area contributed by atoms with Crippen molar-refractivity contribution in [3.63, 3.8) is 0 Å². The summed E-state index contributed by atoms with van der Waals surface area (Å²) in [6.45, 7) is 0.927. The van der Waals surface area contributed by atoms with Gasteiger partial charge >= 0.3 is 17.9 Å². The molecule has 0 aliphatic heterocycles. The molecule has 9 heteroatoms. The Bertz CT molecular complexity index is 618. The smallest absolute Gasteiger partial charge is 0.343 e. The molecular weight excluding hydrogens is 300 g/mol. The summed E-state index contributed by atoms with van der Waals surface area (Å²) in [5.41, 5.74) is -2.73. The molecule has 22 heavy (non-hydrogen) atoms. The summed E-state index contributed by atoms with van der Waals surface area (Å²) in [5, 5.41) is 36.9. The van der Waals surface area contributed by atoms with E-state index in [2.05, 4.69) is 0 Å². The van der Waals surface area contributed by atoms with Crippen LogP contribution in [0.2, 0.25) is 0 Å². The molecule has 120 valence electrons. The van der Waals surface area contributed by atoms with Crippen LogP contribution in [0.15, 0.2) is 12.1 Å². The van der Waals surface area contributed by atoms with Crippen LogP contribution in [0.25, 0.3) is 0 Å². The number of aliphatic carboxylic acids is 1. The Morgan fingerprint density at radius 1 is 1.23 bits per heavy atom. The number of carboxylic acids is 2. The number of methoxy groups -OCH3 is 1. The highest BCUT2D eigenvalue weighted by atomic mass is 16.6. The number of esters is 1. The number of rotatable bonds is 6.